The molecule has 0 saturated heterocycles. The van der Waals surface area contributed by atoms with Crippen LogP contribution in [0, 0.1) is 13.8 Å². The number of phenols is 1. The summed E-state index contributed by atoms with van der Waals surface area (Å²) in [4.78, 5) is 10.8. The molecule has 0 aliphatic heterocycles. The van der Waals surface area contributed by atoms with E-state index in [-0.39, 0.29) is 11.0 Å². The first-order chi connectivity index (χ1) is 12.5. The SMILES string of the molecule is Cc1ccc(-c2c(C)sc3nc(Cl)nc(Nc4ccc(O)cc4)c23)cc1. The minimum absolute atomic E-state index is 0.204. The van der Waals surface area contributed by atoms with Crippen LogP contribution in [-0.2, 0) is 0 Å². The average molecular weight is 382 g/mol. The van der Waals surface area contributed by atoms with E-state index in [1.807, 2.05) is 0 Å². The molecule has 4 nitrogen and oxygen atoms in total. The second-order valence-corrected chi connectivity index (χ2v) is 7.63. The lowest BCUT2D eigenvalue weighted by Crippen LogP contribution is -1.96. The summed E-state index contributed by atoms with van der Waals surface area (Å²) >= 11 is 7.75. The monoisotopic (exact) mass is 381 g/mol. The number of fused-ring (bicyclic) bond motifs is 1. The third-order valence-electron chi connectivity index (χ3n) is 4.17. The van der Waals surface area contributed by atoms with Crippen LogP contribution < -0.4 is 5.32 Å². The highest BCUT2D eigenvalue weighted by Gasteiger charge is 2.18. The van der Waals surface area contributed by atoms with E-state index >= 15 is 0 Å². The van der Waals surface area contributed by atoms with Gasteiger partial charge in [0.25, 0.3) is 0 Å². The van der Waals surface area contributed by atoms with Gasteiger partial charge in [-0.3, -0.25) is 0 Å². The Balaban J connectivity index is 1.91. The predicted molar refractivity (Wildman–Crippen MR) is 109 cm³/mol. The minimum Gasteiger partial charge on any atom is -0.508 e. The lowest BCUT2D eigenvalue weighted by molar-refractivity contribution is 0.475. The molecule has 2 aromatic heterocycles. The van der Waals surface area contributed by atoms with Crippen LogP contribution >= 0.6 is 22.9 Å². The quantitative estimate of drug-likeness (QED) is 0.333. The highest BCUT2D eigenvalue weighted by molar-refractivity contribution is 7.19. The summed E-state index contributed by atoms with van der Waals surface area (Å²) in [6.45, 7) is 4.16. The zero-order valence-electron chi connectivity index (χ0n) is 14.2. The lowest BCUT2D eigenvalue weighted by Gasteiger charge is -2.10. The first kappa shape index (κ1) is 16.8. The summed E-state index contributed by atoms with van der Waals surface area (Å²) in [6, 6.07) is 15.3. The summed E-state index contributed by atoms with van der Waals surface area (Å²) in [5.74, 6) is 0.874. The topological polar surface area (TPSA) is 58.0 Å². The Morgan fingerprint density at radius 3 is 2.35 bits per heavy atom. The Morgan fingerprint density at radius 1 is 0.962 bits per heavy atom. The van der Waals surface area contributed by atoms with Gasteiger partial charge in [-0.2, -0.15) is 4.98 Å². The van der Waals surface area contributed by atoms with E-state index in [1.54, 1.807) is 35.6 Å². The van der Waals surface area contributed by atoms with Gasteiger partial charge in [0.05, 0.1) is 5.39 Å². The van der Waals surface area contributed by atoms with Crippen molar-refractivity contribution in [3.05, 3.63) is 64.3 Å². The summed E-state index contributed by atoms with van der Waals surface area (Å²) in [7, 11) is 0. The zero-order valence-corrected chi connectivity index (χ0v) is 15.8. The van der Waals surface area contributed by atoms with Crippen LogP contribution in [0.15, 0.2) is 48.5 Å². The summed E-state index contributed by atoms with van der Waals surface area (Å²) in [5, 5.41) is 14.0. The molecule has 0 aliphatic rings. The fourth-order valence-electron chi connectivity index (χ4n) is 2.93. The molecule has 0 atom stereocenters. The Kier molecular flexibility index (Phi) is 4.26. The smallest absolute Gasteiger partial charge is 0.225 e. The first-order valence-corrected chi connectivity index (χ1v) is 9.30. The predicted octanol–water partition coefficient (Wildman–Crippen LogP) is 6.08. The molecule has 0 aliphatic carbocycles. The third kappa shape index (κ3) is 3.11. The van der Waals surface area contributed by atoms with Gasteiger partial charge < -0.3 is 10.4 Å². The van der Waals surface area contributed by atoms with Crippen LogP contribution in [0.25, 0.3) is 21.3 Å². The molecule has 0 spiro atoms. The average Bonchev–Trinajstić information content (AvgIpc) is 2.93. The van der Waals surface area contributed by atoms with Gasteiger partial charge >= 0.3 is 0 Å². The molecular formula is C20H16ClN3OS. The van der Waals surface area contributed by atoms with E-state index in [0.29, 0.717) is 5.82 Å². The van der Waals surface area contributed by atoms with Crippen LogP contribution in [0.5, 0.6) is 5.75 Å². The molecule has 130 valence electrons. The molecule has 0 amide bonds. The number of thiophene rings is 1. The number of aryl methyl sites for hydroxylation is 2. The van der Waals surface area contributed by atoms with Gasteiger partial charge in [0.1, 0.15) is 16.4 Å². The maximum absolute atomic E-state index is 9.48. The Hall–Kier alpha value is -2.63. The third-order valence-corrected chi connectivity index (χ3v) is 5.34. The standard InChI is InChI=1S/C20H16ClN3OS/c1-11-3-5-13(6-4-11)16-12(2)26-19-17(16)18(23-20(21)24-19)22-14-7-9-15(25)10-8-14/h3-10,25H,1-2H3,(H,22,23,24). The maximum Gasteiger partial charge on any atom is 0.225 e. The van der Waals surface area contributed by atoms with Crippen molar-refractivity contribution in [1.82, 2.24) is 9.97 Å². The normalized spacial score (nSPS) is 11.0. The van der Waals surface area contributed by atoms with Gasteiger partial charge in [-0.25, -0.2) is 4.98 Å². The maximum atomic E-state index is 9.48. The number of benzene rings is 2. The van der Waals surface area contributed by atoms with Crippen molar-refractivity contribution in [2.75, 3.05) is 5.32 Å². The number of anilines is 2. The van der Waals surface area contributed by atoms with Crippen LogP contribution in [0.3, 0.4) is 0 Å². The van der Waals surface area contributed by atoms with Gasteiger partial charge in [-0.05, 0) is 55.3 Å². The number of nitrogens with zero attached hydrogens (tertiary/aromatic N) is 2. The Bertz CT molecular complexity index is 1090. The van der Waals surface area contributed by atoms with Crippen molar-refractivity contribution < 1.29 is 5.11 Å². The molecule has 0 saturated carbocycles. The first-order valence-electron chi connectivity index (χ1n) is 8.11. The van der Waals surface area contributed by atoms with Gasteiger partial charge in [-0.1, -0.05) is 29.8 Å². The van der Waals surface area contributed by atoms with Crippen molar-refractivity contribution in [2.45, 2.75) is 13.8 Å². The summed E-state index contributed by atoms with van der Waals surface area (Å²) in [5.41, 5.74) is 4.27. The number of hydrogen-bond acceptors (Lipinski definition) is 5. The largest absolute Gasteiger partial charge is 0.508 e. The number of hydrogen-bond donors (Lipinski definition) is 2. The highest BCUT2D eigenvalue weighted by atomic mass is 35.5. The number of aromatic hydroxyl groups is 1. The number of rotatable bonds is 3. The zero-order chi connectivity index (χ0) is 18.3. The number of nitrogens with one attached hydrogen (secondary N) is 1. The molecule has 2 heterocycles. The molecular weight excluding hydrogens is 366 g/mol. The molecule has 0 fully saturated rings. The summed E-state index contributed by atoms with van der Waals surface area (Å²) < 4.78 is 0. The van der Waals surface area contributed by atoms with Gasteiger partial charge in [0.2, 0.25) is 5.28 Å². The molecule has 0 radical (unpaired) electrons. The van der Waals surface area contributed by atoms with Crippen LogP contribution in [-0.4, -0.2) is 15.1 Å². The van der Waals surface area contributed by atoms with E-state index in [0.717, 1.165) is 31.9 Å². The molecule has 2 N–H and O–H groups in total. The van der Waals surface area contributed by atoms with E-state index in [1.165, 1.54) is 5.56 Å². The van der Waals surface area contributed by atoms with Crippen LogP contribution in [0.2, 0.25) is 5.28 Å². The van der Waals surface area contributed by atoms with E-state index in [4.69, 9.17) is 11.6 Å². The number of phenolic OH excluding ortho intramolecular Hbond substituents is 1. The van der Waals surface area contributed by atoms with Crippen molar-refractivity contribution in [3.63, 3.8) is 0 Å². The molecule has 4 rings (SSSR count). The Morgan fingerprint density at radius 2 is 1.65 bits per heavy atom. The lowest BCUT2D eigenvalue weighted by atomic mass is 10.0. The van der Waals surface area contributed by atoms with Gasteiger partial charge in [-0.15, -0.1) is 11.3 Å². The second-order valence-electron chi connectivity index (χ2n) is 6.09. The summed E-state index contributed by atoms with van der Waals surface area (Å²) in [6.07, 6.45) is 0. The van der Waals surface area contributed by atoms with Gasteiger partial charge in [0, 0.05) is 16.1 Å². The number of halogens is 1. The second kappa shape index (κ2) is 6.59. The number of aromatic nitrogens is 2. The molecule has 0 unspecified atom stereocenters. The van der Waals surface area contributed by atoms with Gasteiger partial charge in [0.15, 0.2) is 0 Å². The Labute approximate surface area is 160 Å². The molecule has 0 bridgehead atoms. The molecule has 6 heteroatoms. The molecule has 26 heavy (non-hydrogen) atoms. The molecule has 4 aromatic rings. The van der Waals surface area contributed by atoms with Crippen molar-refractivity contribution in [1.29, 1.82) is 0 Å². The van der Waals surface area contributed by atoms with Crippen LogP contribution in [0.1, 0.15) is 10.4 Å². The van der Waals surface area contributed by atoms with E-state index < -0.39 is 0 Å². The minimum atomic E-state index is 0.204. The van der Waals surface area contributed by atoms with E-state index in [2.05, 4.69) is 53.4 Å². The highest BCUT2D eigenvalue weighted by Crippen LogP contribution is 2.41. The van der Waals surface area contributed by atoms with Crippen molar-refractivity contribution in [2.24, 2.45) is 0 Å². The fourth-order valence-corrected chi connectivity index (χ4v) is 4.19. The fraction of sp³-hybridized carbons (Fsp3) is 0.100. The molecule has 2 aromatic carbocycles. The van der Waals surface area contributed by atoms with Crippen LogP contribution in [0.4, 0.5) is 11.5 Å². The van der Waals surface area contributed by atoms with Crippen molar-refractivity contribution >= 4 is 44.7 Å². The van der Waals surface area contributed by atoms with Crippen molar-refractivity contribution in [3.8, 4) is 16.9 Å². The van der Waals surface area contributed by atoms with E-state index in [9.17, 15) is 5.11 Å².